The molecule has 0 radical (unpaired) electrons. The van der Waals surface area contributed by atoms with Gasteiger partial charge in [0, 0.05) is 12.0 Å². The van der Waals surface area contributed by atoms with E-state index >= 15 is 0 Å². The van der Waals surface area contributed by atoms with Crippen LogP contribution in [0, 0.1) is 0 Å². The van der Waals surface area contributed by atoms with E-state index in [1.54, 1.807) is 0 Å². The summed E-state index contributed by atoms with van der Waals surface area (Å²) < 4.78 is 0. The average molecular weight is 253 g/mol. The van der Waals surface area contributed by atoms with E-state index in [2.05, 4.69) is 48.5 Å². The van der Waals surface area contributed by atoms with Crippen LogP contribution < -0.4 is 5.73 Å². The highest BCUT2D eigenvalue weighted by Gasteiger charge is 2.44. The van der Waals surface area contributed by atoms with Crippen molar-refractivity contribution in [1.29, 1.82) is 0 Å². The minimum absolute atomic E-state index is 0.0498. The van der Waals surface area contributed by atoms with Crippen molar-refractivity contribution < 1.29 is 5.11 Å². The second-order valence-corrected chi connectivity index (χ2v) is 5.46. The third-order valence-electron chi connectivity index (χ3n) is 4.23. The van der Waals surface area contributed by atoms with Gasteiger partial charge in [0.2, 0.25) is 0 Å². The Kier molecular flexibility index (Phi) is 3.13. The van der Waals surface area contributed by atoms with Crippen LogP contribution in [0.15, 0.2) is 54.6 Å². The molecule has 1 fully saturated rings. The molecule has 0 amide bonds. The van der Waals surface area contributed by atoms with Gasteiger partial charge in [0.15, 0.2) is 0 Å². The minimum Gasteiger partial charge on any atom is -0.393 e. The van der Waals surface area contributed by atoms with Crippen molar-refractivity contribution in [2.24, 2.45) is 5.73 Å². The first-order valence-corrected chi connectivity index (χ1v) is 6.78. The monoisotopic (exact) mass is 253 g/mol. The van der Waals surface area contributed by atoms with Gasteiger partial charge in [-0.2, -0.15) is 0 Å². The van der Waals surface area contributed by atoms with Gasteiger partial charge in [0.05, 0.1) is 6.10 Å². The van der Waals surface area contributed by atoms with Crippen molar-refractivity contribution in [3.8, 4) is 11.1 Å². The molecule has 1 aliphatic carbocycles. The van der Waals surface area contributed by atoms with Crippen LogP contribution in [0.5, 0.6) is 0 Å². The number of aliphatic hydroxyl groups excluding tert-OH is 1. The highest BCUT2D eigenvalue weighted by Crippen LogP contribution is 2.46. The minimum atomic E-state index is -0.202. The van der Waals surface area contributed by atoms with E-state index in [4.69, 9.17) is 5.73 Å². The zero-order chi connectivity index (χ0) is 13.3. The molecule has 2 nitrogen and oxygen atoms in total. The van der Waals surface area contributed by atoms with Crippen LogP contribution in [-0.4, -0.2) is 17.8 Å². The molecule has 19 heavy (non-hydrogen) atoms. The second-order valence-electron chi connectivity index (χ2n) is 5.46. The Labute approximate surface area is 113 Å². The lowest BCUT2D eigenvalue weighted by molar-refractivity contribution is 0.0224. The molecule has 0 heterocycles. The first-order valence-electron chi connectivity index (χ1n) is 6.78. The van der Waals surface area contributed by atoms with Gasteiger partial charge >= 0.3 is 0 Å². The molecule has 0 atom stereocenters. The van der Waals surface area contributed by atoms with Gasteiger partial charge in [-0.3, -0.25) is 0 Å². The first kappa shape index (κ1) is 12.4. The molecule has 2 heteroatoms. The summed E-state index contributed by atoms with van der Waals surface area (Å²) in [6.45, 7) is 0.591. The predicted octanol–water partition coefficient (Wildman–Crippen LogP) is 2.70. The number of aliphatic hydroxyl groups is 1. The summed E-state index contributed by atoms with van der Waals surface area (Å²) in [5, 5.41) is 9.68. The molecule has 1 saturated carbocycles. The maximum atomic E-state index is 9.68. The van der Waals surface area contributed by atoms with Crippen LogP contribution in [0.4, 0.5) is 0 Å². The van der Waals surface area contributed by atoms with E-state index in [1.807, 2.05) is 6.07 Å². The van der Waals surface area contributed by atoms with Gasteiger partial charge in [0.1, 0.15) is 0 Å². The zero-order valence-electron chi connectivity index (χ0n) is 10.9. The SMILES string of the molecule is NCC1(c2ccccc2-c2ccccc2)CC(O)C1. The number of nitrogens with two attached hydrogens (primary N) is 1. The van der Waals surface area contributed by atoms with E-state index in [0.29, 0.717) is 6.54 Å². The quantitative estimate of drug-likeness (QED) is 0.883. The normalized spacial score (nSPS) is 25.9. The number of hydrogen-bond donors (Lipinski definition) is 2. The number of benzene rings is 2. The van der Waals surface area contributed by atoms with Crippen molar-refractivity contribution >= 4 is 0 Å². The molecule has 2 aromatic carbocycles. The standard InChI is InChI=1S/C17H19NO/c18-12-17(10-14(19)11-17)16-9-5-4-8-15(16)13-6-2-1-3-7-13/h1-9,14,19H,10-12,18H2. The topological polar surface area (TPSA) is 46.2 Å². The molecule has 3 N–H and O–H groups in total. The summed E-state index contributed by atoms with van der Waals surface area (Å²) in [5.74, 6) is 0. The Balaban J connectivity index is 2.08. The lowest BCUT2D eigenvalue weighted by Crippen LogP contribution is -2.50. The molecule has 98 valence electrons. The number of rotatable bonds is 3. The average Bonchev–Trinajstić information content (AvgIpc) is 2.45. The fourth-order valence-electron chi connectivity index (χ4n) is 3.15. The molecule has 1 aliphatic rings. The van der Waals surface area contributed by atoms with E-state index in [-0.39, 0.29) is 11.5 Å². The molecule has 0 unspecified atom stereocenters. The molecule has 0 bridgehead atoms. The van der Waals surface area contributed by atoms with Gasteiger partial charge in [-0.15, -0.1) is 0 Å². The second kappa shape index (κ2) is 4.80. The smallest absolute Gasteiger partial charge is 0.0558 e. The van der Waals surface area contributed by atoms with Crippen molar-refractivity contribution in [3.63, 3.8) is 0 Å². The summed E-state index contributed by atoms with van der Waals surface area (Å²) >= 11 is 0. The van der Waals surface area contributed by atoms with Crippen LogP contribution in [0.25, 0.3) is 11.1 Å². The van der Waals surface area contributed by atoms with Crippen LogP contribution in [-0.2, 0) is 5.41 Å². The maximum Gasteiger partial charge on any atom is 0.0558 e. The highest BCUT2D eigenvalue weighted by molar-refractivity contribution is 5.69. The first-order chi connectivity index (χ1) is 9.25. The summed E-state index contributed by atoms with van der Waals surface area (Å²) in [7, 11) is 0. The number of hydrogen-bond acceptors (Lipinski definition) is 2. The van der Waals surface area contributed by atoms with Crippen LogP contribution >= 0.6 is 0 Å². The third kappa shape index (κ3) is 2.07. The Morgan fingerprint density at radius 1 is 1.00 bits per heavy atom. The fraction of sp³-hybridized carbons (Fsp3) is 0.294. The van der Waals surface area contributed by atoms with Gasteiger partial charge < -0.3 is 10.8 Å². The van der Waals surface area contributed by atoms with E-state index in [1.165, 1.54) is 16.7 Å². The third-order valence-corrected chi connectivity index (χ3v) is 4.23. The molecule has 0 saturated heterocycles. The van der Waals surface area contributed by atoms with Crippen molar-refractivity contribution in [1.82, 2.24) is 0 Å². The predicted molar refractivity (Wildman–Crippen MR) is 77.9 cm³/mol. The molecule has 2 aromatic rings. The van der Waals surface area contributed by atoms with Crippen molar-refractivity contribution in [3.05, 3.63) is 60.2 Å². The van der Waals surface area contributed by atoms with Crippen LogP contribution in [0.2, 0.25) is 0 Å². The van der Waals surface area contributed by atoms with E-state index in [9.17, 15) is 5.11 Å². The summed E-state index contributed by atoms with van der Waals surface area (Å²) in [4.78, 5) is 0. The Morgan fingerprint density at radius 2 is 1.63 bits per heavy atom. The molecule has 3 rings (SSSR count). The molecular weight excluding hydrogens is 234 g/mol. The van der Waals surface area contributed by atoms with Crippen molar-refractivity contribution in [2.75, 3.05) is 6.54 Å². The largest absolute Gasteiger partial charge is 0.393 e. The Hall–Kier alpha value is -1.64. The Bertz CT molecular complexity index is 558. The molecule has 0 aliphatic heterocycles. The summed E-state index contributed by atoms with van der Waals surface area (Å²) in [5.41, 5.74) is 9.67. The summed E-state index contributed by atoms with van der Waals surface area (Å²) in [6.07, 6.45) is 1.34. The van der Waals surface area contributed by atoms with Crippen LogP contribution in [0.3, 0.4) is 0 Å². The Morgan fingerprint density at radius 3 is 2.26 bits per heavy atom. The molecule has 0 aromatic heterocycles. The summed E-state index contributed by atoms with van der Waals surface area (Å²) in [6, 6.07) is 18.8. The van der Waals surface area contributed by atoms with Gasteiger partial charge in [-0.05, 0) is 29.5 Å². The zero-order valence-corrected chi connectivity index (χ0v) is 10.9. The highest BCUT2D eigenvalue weighted by atomic mass is 16.3. The van der Waals surface area contributed by atoms with E-state index < -0.39 is 0 Å². The lowest BCUT2D eigenvalue weighted by Gasteiger charge is -2.46. The molecule has 0 spiro atoms. The fourth-order valence-corrected chi connectivity index (χ4v) is 3.15. The molecular formula is C17H19NO. The maximum absolute atomic E-state index is 9.68. The van der Waals surface area contributed by atoms with Gasteiger partial charge in [-0.1, -0.05) is 54.6 Å². The lowest BCUT2D eigenvalue weighted by atomic mass is 9.61. The van der Waals surface area contributed by atoms with Gasteiger partial charge in [0.25, 0.3) is 0 Å². The van der Waals surface area contributed by atoms with E-state index in [0.717, 1.165) is 12.8 Å². The van der Waals surface area contributed by atoms with Crippen LogP contribution in [0.1, 0.15) is 18.4 Å². The van der Waals surface area contributed by atoms with Crippen molar-refractivity contribution in [2.45, 2.75) is 24.4 Å². The van der Waals surface area contributed by atoms with Gasteiger partial charge in [-0.25, -0.2) is 0 Å².